The Kier molecular flexibility index (Phi) is 7.59. The summed E-state index contributed by atoms with van der Waals surface area (Å²) >= 11 is 0. The molecular formula is C26H26O5S. The molecule has 0 aromatic heterocycles. The van der Waals surface area contributed by atoms with E-state index in [1.54, 1.807) is 79.7 Å². The minimum atomic E-state index is -3.42. The molecule has 0 aliphatic carbocycles. The Morgan fingerprint density at radius 3 is 2.22 bits per heavy atom. The summed E-state index contributed by atoms with van der Waals surface area (Å²) in [7, 11) is -3.42. The van der Waals surface area contributed by atoms with Crippen LogP contribution in [0.4, 0.5) is 0 Å². The number of sulfone groups is 1. The molecule has 0 heterocycles. The van der Waals surface area contributed by atoms with Gasteiger partial charge in [0.25, 0.3) is 0 Å². The van der Waals surface area contributed by atoms with Crippen LogP contribution in [-0.4, -0.2) is 32.5 Å². The molecule has 0 aliphatic heterocycles. The number of esters is 1. The molecule has 0 bridgehead atoms. The second kappa shape index (κ2) is 10.4. The van der Waals surface area contributed by atoms with Crippen LogP contribution in [0.15, 0.2) is 83.8 Å². The highest BCUT2D eigenvalue weighted by Crippen LogP contribution is 2.20. The summed E-state index contributed by atoms with van der Waals surface area (Å²) in [5.41, 5.74) is 2.73. The van der Waals surface area contributed by atoms with Crippen molar-refractivity contribution < 1.29 is 22.7 Å². The van der Waals surface area contributed by atoms with E-state index in [-0.39, 0.29) is 29.5 Å². The number of carbonyl (C=O) groups excluding carboxylic acids is 2. The van der Waals surface area contributed by atoms with Crippen LogP contribution in [0.3, 0.4) is 0 Å². The summed E-state index contributed by atoms with van der Waals surface area (Å²) in [6.45, 7) is 3.61. The highest BCUT2D eigenvalue weighted by molar-refractivity contribution is 7.91. The summed E-state index contributed by atoms with van der Waals surface area (Å²) in [4.78, 5) is 25.4. The van der Waals surface area contributed by atoms with Crippen LogP contribution in [0.1, 0.15) is 46.3 Å². The van der Waals surface area contributed by atoms with Crippen LogP contribution in [0.5, 0.6) is 0 Å². The third kappa shape index (κ3) is 5.92. The van der Waals surface area contributed by atoms with E-state index in [1.165, 1.54) is 0 Å². The van der Waals surface area contributed by atoms with Crippen LogP contribution in [0.2, 0.25) is 0 Å². The monoisotopic (exact) mass is 450 g/mol. The van der Waals surface area contributed by atoms with Crippen molar-refractivity contribution in [3.8, 4) is 0 Å². The zero-order chi connectivity index (χ0) is 23.1. The first-order valence-corrected chi connectivity index (χ1v) is 12.1. The Bertz CT molecular complexity index is 1180. The van der Waals surface area contributed by atoms with Crippen molar-refractivity contribution in [2.24, 2.45) is 0 Å². The van der Waals surface area contributed by atoms with Gasteiger partial charge in [0.1, 0.15) is 0 Å². The molecule has 0 unspecified atom stereocenters. The van der Waals surface area contributed by atoms with Crippen molar-refractivity contribution >= 4 is 21.6 Å². The standard InChI is InChI=1S/C26H26O5S/c1-19-12-14-24(15-13-19)32(29,30)17-7-16-31-26(28)20(2)22-10-6-11-23(18-22)25(27)21-8-4-3-5-9-21/h3-6,8-15,18,20H,7,16-17H2,1-2H3/t20-/m0/s1. The first-order valence-electron chi connectivity index (χ1n) is 10.4. The lowest BCUT2D eigenvalue weighted by Crippen LogP contribution is -2.16. The van der Waals surface area contributed by atoms with Gasteiger partial charge in [-0.2, -0.15) is 0 Å². The van der Waals surface area contributed by atoms with Crippen LogP contribution in [-0.2, 0) is 19.4 Å². The number of ether oxygens (including phenoxy) is 1. The zero-order valence-corrected chi connectivity index (χ0v) is 19.0. The molecule has 0 spiro atoms. The number of hydrogen-bond acceptors (Lipinski definition) is 5. The first kappa shape index (κ1) is 23.4. The predicted octanol–water partition coefficient (Wildman–Crippen LogP) is 4.74. The third-order valence-corrected chi connectivity index (χ3v) is 7.04. The average Bonchev–Trinajstić information content (AvgIpc) is 2.81. The first-order chi connectivity index (χ1) is 15.3. The van der Waals surface area contributed by atoms with E-state index >= 15 is 0 Å². The number of rotatable bonds is 9. The van der Waals surface area contributed by atoms with Crippen molar-refractivity contribution in [3.63, 3.8) is 0 Å². The Balaban J connectivity index is 1.56. The maximum atomic E-state index is 12.7. The third-order valence-electron chi connectivity index (χ3n) is 5.22. The summed E-state index contributed by atoms with van der Waals surface area (Å²) in [5, 5.41) is 0. The van der Waals surface area contributed by atoms with Crippen molar-refractivity contribution in [2.75, 3.05) is 12.4 Å². The number of benzene rings is 3. The summed E-state index contributed by atoms with van der Waals surface area (Å²) in [6.07, 6.45) is 0.210. The second-order valence-corrected chi connectivity index (χ2v) is 9.80. The lowest BCUT2D eigenvalue weighted by atomic mass is 9.96. The van der Waals surface area contributed by atoms with Crippen LogP contribution in [0.25, 0.3) is 0 Å². The van der Waals surface area contributed by atoms with Gasteiger partial charge in [0.2, 0.25) is 0 Å². The molecule has 0 saturated carbocycles. The van der Waals surface area contributed by atoms with E-state index in [0.29, 0.717) is 16.7 Å². The van der Waals surface area contributed by atoms with Crippen molar-refractivity contribution in [1.29, 1.82) is 0 Å². The molecule has 166 valence electrons. The highest BCUT2D eigenvalue weighted by Gasteiger charge is 2.20. The largest absolute Gasteiger partial charge is 0.465 e. The van der Waals surface area contributed by atoms with E-state index in [1.807, 2.05) is 13.0 Å². The molecule has 0 amide bonds. The van der Waals surface area contributed by atoms with Gasteiger partial charge in [-0.15, -0.1) is 0 Å². The van der Waals surface area contributed by atoms with Gasteiger partial charge < -0.3 is 4.74 Å². The lowest BCUT2D eigenvalue weighted by Gasteiger charge is -2.13. The number of aryl methyl sites for hydroxylation is 1. The molecule has 0 saturated heterocycles. The average molecular weight is 451 g/mol. The molecule has 0 N–H and O–H groups in total. The Hall–Kier alpha value is -3.25. The molecule has 0 aliphatic rings. The molecule has 3 aromatic carbocycles. The van der Waals surface area contributed by atoms with Crippen molar-refractivity contribution in [2.45, 2.75) is 31.1 Å². The number of carbonyl (C=O) groups is 2. The minimum absolute atomic E-state index is 0.0108. The second-order valence-electron chi connectivity index (χ2n) is 7.70. The molecule has 0 fully saturated rings. The Morgan fingerprint density at radius 2 is 1.53 bits per heavy atom. The van der Waals surface area contributed by atoms with E-state index in [9.17, 15) is 18.0 Å². The molecule has 3 rings (SSSR count). The normalized spacial score (nSPS) is 12.2. The fraction of sp³-hybridized carbons (Fsp3) is 0.231. The smallest absolute Gasteiger partial charge is 0.313 e. The maximum absolute atomic E-state index is 12.7. The molecule has 5 nitrogen and oxygen atoms in total. The molecule has 6 heteroatoms. The van der Waals surface area contributed by atoms with Gasteiger partial charge in [-0.05, 0) is 44.0 Å². The highest BCUT2D eigenvalue weighted by atomic mass is 32.2. The topological polar surface area (TPSA) is 77.5 Å². The maximum Gasteiger partial charge on any atom is 0.313 e. The quantitative estimate of drug-likeness (QED) is 0.267. The lowest BCUT2D eigenvalue weighted by molar-refractivity contribution is -0.145. The summed E-state index contributed by atoms with van der Waals surface area (Å²) in [6, 6.07) is 22.6. The molecule has 32 heavy (non-hydrogen) atoms. The van der Waals surface area contributed by atoms with Crippen LogP contribution in [0, 0.1) is 6.92 Å². The van der Waals surface area contributed by atoms with Gasteiger partial charge in [-0.25, -0.2) is 8.42 Å². The predicted molar refractivity (Wildman–Crippen MR) is 124 cm³/mol. The van der Waals surface area contributed by atoms with Crippen LogP contribution < -0.4 is 0 Å². The van der Waals surface area contributed by atoms with E-state index in [4.69, 9.17) is 4.74 Å². The summed E-state index contributed by atoms with van der Waals surface area (Å²) < 4.78 is 30.1. The van der Waals surface area contributed by atoms with Gasteiger partial charge in [-0.1, -0.05) is 66.2 Å². The van der Waals surface area contributed by atoms with Gasteiger partial charge in [-0.3, -0.25) is 9.59 Å². The molecular weight excluding hydrogens is 424 g/mol. The van der Waals surface area contributed by atoms with E-state index in [2.05, 4.69) is 0 Å². The van der Waals surface area contributed by atoms with E-state index in [0.717, 1.165) is 5.56 Å². The van der Waals surface area contributed by atoms with Gasteiger partial charge in [0.05, 0.1) is 23.2 Å². The molecule has 3 aromatic rings. The van der Waals surface area contributed by atoms with E-state index < -0.39 is 21.7 Å². The number of ketones is 1. The van der Waals surface area contributed by atoms with Crippen molar-refractivity contribution in [1.82, 2.24) is 0 Å². The minimum Gasteiger partial charge on any atom is -0.465 e. The fourth-order valence-electron chi connectivity index (χ4n) is 3.25. The summed E-state index contributed by atoms with van der Waals surface area (Å²) in [5.74, 6) is -1.25. The molecule has 0 radical (unpaired) electrons. The SMILES string of the molecule is Cc1ccc(S(=O)(=O)CCCOC(=O)[C@@H](C)c2cccc(C(=O)c3ccccc3)c2)cc1. The number of hydrogen-bond donors (Lipinski definition) is 0. The Morgan fingerprint density at radius 1 is 0.875 bits per heavy atom. The fourth-order valence-corrected chi connectivity index (χ4v) is 4.54. The van der Waals surface area contributed by atoms with Gasteiger partial charge in [0.15, 0.2) is 15.6 Å². The van der Waals surface area contributed by atoms with Crippen molar-refractivity contribution in [3.05, 3.63) is 101 Å². The Labute approximate surface area is 189 Å². The molecule has 1 atom stereocenters. The van der Waals surface area contributed by atoms with Crippen LogP contribution >= 0.6 is 0 Å². The van der Waals surface area contributed by atoms with Gasteiger partial charge in [0, 0.05) is 11.1 Å². The van der Waals surface area contributed by atoms with Gasteiger partial charge >= 0.3 is 5.97 Å². The zero-order valence-electron chi connectivity index (χ0n) is 18.2.